The first kappa shape index (κ1) is 28.6. The first-order valence-electron chi connectivity index (χ1n) is 12.0. The highest BCUT2D eigenvalue weighted by Gasteiger charge is 2.14. The fourth-order valence-corrected chi connectivity index (χ4v) is 3.63. The number of ether oxygens (including phenoxy) is 1. The summed E-state index contributed by atoms with van der Waals surface area (Å²) in [5, 5.41) is 27.5. The van der Waals surface area contributed by atoms with Crippen LogP contribution in [0.1, 0.15) is 98.8 Å². The summed E-state index contributed by atoms with van der Waals surface area (Å²) in [6.45, 7) is 11.7. The topological polar surface area (TPSA) is 69.9 Å². The molecule has 0 radical (unpaired) electrons. The van der Waals surface area contributed by atoms with Gasteiger partial charge in [0.1, 0.15) is 12.2 Å². The molecule has 4 atom stereocenters. The zero-order valence-electron chi connectivity index (χ0n) is 19.9. The van der Waals surface area contributed by atoms with E-state index in [4.69, 9.17) is 9.84 Å². The third-order valence-electron chi connectivity index (χ3n) is 5.82. The molecule has 4 nitrogen and oxygen atoms in total. The van der Waals surface area contributed by atoms with Crippen molar-refractivity contribution in [3.05, 3.63) is 11.6 Å². The summed E-state index contributed by atoms with van der Waals surface area (Å²) < 4.78 is 5.35. The molecule has 0 saturated carbocycles. The quantitative estimate of drug-likeness (QED) is 0.193. The van der Waals surface area contributed by atoms with E-state index in [1.165, 1.54) is 56.9 Å². The molecule has 174 valence electrons. The van der Waals surface area contributed by atoms with Crippen molar-refractivity contribution >= 4 is 0 Å². The molecule has 3 N–H and O–H groups in total. The van der Waals surface area contributed by atoms with E-state index in [0.717, 1.165) is 30.6 Å². The van der Waals surface area contributed by atoms with Crippen molar-refractivity contribution in [2.24, 2.45) is 17.8 Å². The van der Waals surface area contributed by atoms with Gasteiger partial charge >= 0.3 is 0 Å². The van der Waals surface area contributed by atoms with E-state index in [9.17, 15) is 10.2 Å². The number of allylic oxidation sites excluding steroid dienone is 1. The average molecular weight is 415 g/mol. The molecular formula is C25H50O4. The van der Waals surface area contributed by atoms with Crippen LogP contribution >= 0.6 is 0 Å². The summed E-state index contributed by atoms with van der Waals surface area (Å²) in [6, 6.07) is 0. The predicted octanol–water partition coefficient (Wildman–Crippen LogP) is 5.49. The smallest absolute Gasteiger partial charge is 0.105 e. The summed E-state index contributed by atoms with van der Waals surface area (Å²) in [6.07, 6.45) is 12.8. The Hall–Kier alpha value is -0.420. The Morgan fingerprint density at radius 3 is 1.93 bits per heavy atom. The van der Waals surface area contributed by atoms with Crippen LogP contribution in [0, 0.1) is 17.8 Å². The van der Waals surface area contributed by atoms with Crippen LogP contribution in [0.25, 0.3) is 0 Å². The van der Waals surface area contributed by atoms with Crippen LogP contribution in [0.4, 0.5) is 0 Å². The molecule has 0 heterocycles. The van der Waals surface area contributed by atoms with Gasteiger partial charge in [0, 0.05) is 0 Å². The molecule has 0 bridgehead atoms. The van der Waals surface area contributed by atoms with Crippen molar-refractivity contribution in [1.82, 2.24) is 0 Å². The van der Waals surface area contributed by atoms with Gasteiger partial charge in [-0.3, -0.25) is 0 Å². The van der Waals surface area contributed by atoms with Crippen LogP contribution in [-0.2, 0) is 4.74 Å². The highest BCUT2D eigenvalue weighted by atomic mass is 16.5. The number of hydrogen-bond acceptors (Lipinski definition) is 4. The summed E-state index contributed by atoms with van der Waals surface area (Å²) in [4.78, 5) is 0. The van der Waals surface area contributed by atoms with E-state index in [-0.39, 0.29) is 6.61 Å². The van der Waals surface area contributed by atoms with Crippen molar-refractivity contribution in [3.63, 3.8) is 0 Å². The molecule has 0 rings (SSSR count). The fraction of sp³-hybridized carbons (Fsp3) is 0.920. The Labute approximate surface area is 180 Å². The van der Waals surface area contributed by atoms with Crippen molar-refractivity contribution in [1.29, 1.82) is 0 Å². The van der Waals surface area contributed by atoms with Gasteiger partial charge in [-0.05, 0) is 43.9 Å². The maximum atomic E-state index is 9.49. The molecular weight excluding hydrogens is 364 g/mol. The molecule has 0 fully saturated rings. The van der Waals surface area contributed by atoms with Gasteiger partial charge in [-0.2, -0.15) is 0 Å². The zero-order chi connectivity index (χ0) is 22.1. The average Bonchev–Trinajstić information content (AvgIpc) is 2.66. The molecule has 2 unspecified atom stereocenters. The van der Waals surface area contributed by atoms with Gasteiger partial charge < -0.3 is 20.1 Å². The Morgan fingerprint density at radius 1 is 0.828 bits per heavy atom. The SMILES string of the molecule is C/C(=C\CCOC[C@H](O)[C@H](O)CO)CCCC(C)CCCC(C)CCCC(C)C. The van der Waals surface area contributed by atoms with Gasteiger partial charge in [0.15, 0.2) is 0 Å². The third-order valence-corrected chi connectivity index (χ3v) is 5.82. The Bertz CT molecular complexity index is 394. The van der Waals surface area contributed by atoms with E-state index >= 15 is 0 Å². The molecule has 29 heavy (non-hydrogen) atoms. The van der Waals surface area contributed by atoms with Crippen LogP contribution < -0.4 is 0 Å². The Kier molecular flexibility index (Phi) is 18.1. The van der Waals surface area contributed by atoms with Crippen LogP contribution in [-0.4, -0.2) is 47.3 Å². The number of hydrogen-bond donors (Lipinski definition) is 3. The molecule has 4 heteroatoms. The van der Waals surface area contributed by atoms with Gasteiger partial charge in [0.05, 0.1) is 19.8 Å². The van der Waals surface area contributed by atoms with E-state index in [2.05, 4.69) is 40.7 Å². The largest absolute Gasteiger partial charge is 0.394 e. The standard InChI is InChI=1S/C25H50O4/c1-20(2)10-6-11-21(3)12-7-13-22(4)14-8-15-23(5)16-9-17-29-19-25(28)24(27)18-26/h16,20-22,24-28H,6-15,17-19H2,1-5H3/b23-16+/t21?,22?,24-,25+/m1/s1. The van der Waals surface area contributed by atoms with E-state index < -0.39 is 18.8 Å². The molecule has 0 spiro atoms. The fourth-order valence-electron chi connectivity index (χ4n) is 3.63. The second-order valence-corrected chi connectivity index (χ2v) is 9.59. The molecule has 0 aliphatic heterocycles. The minimum atomic E-state index is -1.12. The minimum absolute atomic E-state index is 0.0580. The maximum absolute atomic E-state index is 9.49. The lowest BCUT2D eigenvalue weighted by Crippen LogP contribution is -2.33. The van der Waals surface area contributed by atoms with Crippen LogP contribution in [0.5, 0.6) is 0 Å². The molecule has 0 saturated heterocycles. The summed E-state index contributed by atoms with van der Waals surface area (Å²) >= 11 is 0. The lowest BCUT2D eigenvalue weighted by molar-refractivity contribution is -0.0560. The molecule has 0 aromatic heterocycles. The Morgan fingerprint density at radius 2 is 1.38 bits per heavy atom. The highest BCUT2D eigenvalue weighted by Crippen LogP contribution is 2.22. The predicted molar refractivity (Wildman–Crippen MR) is 123 cm³/mol. The lowest BCUT2D eigenvalue weighted by Gasteiger charge is -2.15. The van der Waals surface area contributed by atoms with E-state index in [1.54, 1.807) is 0 Å². The second-order valence-electron chi connectivity index (χ2n) is 9.59. The maximum Gasteiger partial charge on any atom is 0.105 e. The molecule has 0 aliphatic carbocycles. The van der Waals surface area contributed by atoms with Crippen molar-refractivity contribution in [2.75, 3.05) is 19.8 Å². The normalized spacial score (nSPS) is 16.8. The van der Waals surface area contributed by atoms with Gasteiger partial charge in [-0.15, -0.1) is 0 Å². The number of aliphatic hydroxyl groups is 3. The summed E-state index contributed by atoms with van der Waals surface area (Å²) in [5.41, 5.74) is 1.40. The van der Waals surface area contributed by atoms with Crippen LogP contribution in [0.15, 0.2) is 11.6 Å². The second kappa shape index (κ2) is 18.4. The van der Waals surface area contributed by atoms with Gasteiger partial charge in [-0.1, -0.05) is 84.3 Å². The lowest BCUT2D eigenvalue weighted by atomic mass is 9.91. The highest BCUT2D eigenvalue weighted by molar-refractivity contribution is 4.97. The van der Waals surface area contributed by atoms with Crippen molar-refractivity contribution in [3.8, 4) is 0 Å². The van der Waals surface area contributed by atoms with E-state index in [0.29, 0.717) is 6.61 Å². The molecule has 0 amide bonds. The number of rotatable bonds is 19. The third kappa shape index (κ3) is 18.1. The first-order valence-corrected chi connectivity index (χ1v) is 12.0. The molecule has 0 aliphatic rings. The number of aliphatic hydroxyl groups excluding tert-OH is 3. The molecule has 0 aromatic carbocycles. The van der Waals surface area contributed by atoms with Gasteiger partial charge in [-0.25, -0.2) is 0 Å². The monoisotopic (exact) mass is 414 g/mol. The summed E-state index contributed by atoms with van der Waals surface area (Å²) in [5.74, 6) is 2.53. The van der Waals surface area contributed by atoms with Crippen LogP contribution in [0.3, 0.4) is 0 Å². The van der Waals surface area contributed by atoms with Gasteiger partial charge in [0.25, 0.3) is 0 Å². The summed E-state index contributed by atoms with van der Waals surface area (Å²) in [7, 11) is 0. The minimum Gasteiger partial charge on any atom is -0.394 e. The van der Waals surface area contributed by atoms with Crippen LogP contribution in [0.2, 0.25) is 0 Å². The van der Waals surface area contributed by atoms with Gasteiger partial charge in [0.2, 0.25) is 0 Å². The Balaban J connectivity index is 3.66. The van der Waals surface area contributed by atoms with Crippen molar-refractivity contribution in [2.45, 2.75) is 111 Å². The first-order chi connectivity index (χ1) is 13.8. The van der Waals surface area contributed by atoms with Crippen molar-refractivity contribution < 1.29 is 20.1 Å². The van der Waals surface area contributed by atoms with E-state index in [1.807, 2.05) is 0 Å². The zero-order valence-corrected chi connectivity index (χ0v) is 19.9. The molecule has 0 aromatic rings.